The first-order chi connectivity index (χ1) is 17.3. The number of halogens is 1. The van der Waals surface area contributed by atoms with Crippen LogP contribution in [-0.4, -0.2) is 29.0 Å². The second-order valence-corrected chi connectivity index (χ2v) is 9.79. The lowest BCUT2D eigenvalue weighted by Gasteiger charge is -2.27. The Hall–Kier alpha value is -3.97. The molecule has 2 heterocycles. The fourth-order valence-electron chi connectivity index (χ4n) is 5.73. The zero-order chi connectivity index (χ0) is 25.4. The Kier molecular flexibility index (Phi) is 4.85. The number of Topliss-reactive ketones (excluding diaryl/α,β-unsaturated/α-hetero) is 2. The van der Waals surface area contributed by atoms with Gasteiger partial charge in [-0.2, -0.15) is 0 Å². The Morgan fingerprint density at radius 3 is 1.94 bits per heavy atom. The molecule has 0 bridgehead atoms. The van der Waals surface area contributed by atoms with Gasteiger partial charge in [-0.25, -0.2) is 9.29 Å². The third kappa shape index (κ3) is 2.86. The standard InChI is InChI=1S/C29H22FNO5/c1-15(2)16-7-9-17(10-8-16)24-22-23(28(35)31(27(22)34)19-13-11-18(30)12-14-19)29(36-24)25(32)20-5-3-4-6-21(20)26(29)33/h3-15,22-24H,1-2H3/t22-,23+,24-/m0/s1. The van der Waals surface area contributed by atoms with Crippen LogP contribution in [0.4, 0.5) is 10.1 Å². The van der Waals surface area contributed by atoms with Crippen LogP contribution in [0.25, 0.3) is 0 Å². The van der Waals surface area contributed by atoms with E-state index < -0.39 is 52.7 Å². The normalized spacial score (nSPS) is 24.2. The molecule has 2 aliphatic heterocycles. The molecule has 1 aliphatic carbocycles. The lowest BCUT2D eigenvalue weighted by Crippen LogP contribution is -2.51. The van der Waals surface area contributed by atoms with E-state index in [4.69, 9.17) is 4.74 Å². The second-order valence-electron chi connectivity index (χ2n) is 9.79. The molecule has 2 saturated heterocycles. The highest BCUT2D eigenvalue weighted by Crippen LogP contribution is 2.57. The third-order valence-corrected chi connectivity index (χ3v) is 7.54. The molecule has 2 amide bonds. The molecule has 180 valence electrons. The van der Waals surface area contributed by atoms with E-state index in [-0.39, 0.29) is 22.7 Å². The summed E-state index contributed by atoms with van der Waals surface area (Å²) in [4.78, 5) is 56.1. The third-order valence-electron chi connectivity index (χ3n) is 7.54. The lowest BCUT2D eigenvalue weighted by molar-refractivity contribution is -0.127. The Morgan fingerprint density at radius 1 is 0.806 bits per heavy atom. The van der Waals surface area contributed by atoms with E-state index in [0.29, 0.717) is 5.56 Å². The summed E-state index contributed by atoms with van der Waals surface area (Å²) >= 11 is 0. The quantitative estimate of drug-likeness (QED) is 0.400. The van der Waals surface area contributed by atoms with Crippen LogP contribution >= 0.6 is 0 Å². The average Bonchev–Trinajstić information content (AvgIpc) is 3.45. The summed E-state index contributed by atoms with van der Waals surface area (Å²) < 4.78 is 19.9. The van der Waals surface area contributed by atoms with Crippen LogP contribution < -0.4 is 4.90 Å². The van der Waals surface area contributed by atoms with E-state index in [0.717, 1.165) is 22.6 Å². The Bertz CT molecular complexity index is 1410. The summed E-state index contributed by atoms with van der Waals surface area (Å²) in [6.07, 6.45) is -0.986. The van der Waals surface area contributed by atoms with Crippen LogP contribution in [0, 0.1) is 17.7 Å². The number of amides is 2. The Morgan fingerprint density at radius 2 is 1.39 bits per heavy atom. The van der Waals surface area contributed by atoms with Gasteiger partial charge in [0.25, 0.3) is 0 Å². The molecule has 36 heavy (non-hydrogen) atoms. The fraction of sp³-hybridized carbons (Fsp3) is 0.241. The van der Waals surface area contributed by atoms with Gasteiger partial charge in [0, 0.05) is 11.1 Å². The van der Waals surface area contributed by atoms with Crippen LogP contribution in [-0.2, 0) is 14.3 Å². The van der Waals surface area contributed by atoms with Gasteiger partial charge in [0.1, 0.15) is 5.82 Å². The van der Waals surface area contributed by atoms with Crippen molar-refractivity contribution in [3.05, 3.63) is 101 Å². The molecule has 1 spiro atoms. The number of anilines is 1. The molecule has 3 aliphatic rings. The smallest absolute Gasteiger partial charge is 0.241 e. The van der Waals surface area contributed by atoms with E-state index in [9.17, 15) is 23.6 Å². The topological polar surface area (TPSA) is 80.8 Å². The van der Waals surface area contributed by atoms with Crippen molar-refractivity contribution in [2.75, 3.05) is 4.90 Å². The summed E-state index contributed by atoms with van der Waals surface area (Å²) in [5, 5.41) is 0. The Balaban J connectivity index is 1.52. The predicted octanol–water partition coefficient (Wildman–Crippen LogP) is 4.64. The van der Waals surface area contributed by atoms with E-state index in [2.05, 4.69) is 13.8 Å². The first-order valence-electron chi connectivity index (χ1n) is 11.9. The van der Waals surface area contributed by atoms with Crippen LogP contribution in [0.2, 0.25) is 0 Å². The number of carbonyl (C=O) groups excluding carboxylic acids is 4. The highest BCUT2D eigenvalue weighted by Gasteiger charge is 2.74. The SMILES string of the molecule is CC(C)c1ccc([C@@H]2OC3(C(=O)c4ccccc4C3=O)[C@H]3C(=O)N(c4ccc(F)cc4)C(=O)[C@H]23)cc1. The molecule has 0 N–H and O–H groups in total. The molecular formula is C29H22FNO5. The molecule has 3 aromatic rings. The number of ketones is 2. The van der Waals surface area contributed by atoms with Gasteiger partial charge in [-0.1, -0.05) is 62.4 Å². The maximum absolute atomic E-state index is 13.8. The van der Waals surface area contributed by atoms with E-state index in [1.807, 2.05) is 24.3 Å². The number of imide groups is 1. The van der Waals surface area contributed by atoms with Gasteiger partial charge >= 0.3 is 0 Å². The zero-order valence-corrected chi connectivity index (χ0v) is 19.6. The van der Waals surface area contributed by atoms with E-state index in [1.54, 1.807) is 12.1 Å². The molecule has 7 heteroatoms. The summed E-state index contributed by atoms with van der Waals surface area (Å²) in [6.45, 7) is 4.11. The number of rotatable bonds is 3. The van der Waals surface area contributed by atoms with Crippen LogP contribution in [0.5, 0.6) is 0 Å². The molecule has 6 rings (SSSR count). The number of hydrogen-bond donors (Lipinski definition) is 0. The number of benzene rings is 3. The van der Waals surface area contributed by atoms with Gasteiger partial charge in [-0.3, -0.25) is 19.2 Å². The molecule has 3 atom stereocenters. The van der Waals surface area contributed by atoms with Crippen molar-refractivity contribution in [1.29, 1.82) is 0 Å². The van der Waals surface area contributed by atoms with Crippen LogP contribution in [0.15, 0.2) is 72.8 Å². The van der Waals surface area contributed by atoms with Crippen molar-refractivity contribution in [2.24, 2.45) is 11.8 Å². The summed E-state index contributed by atoms with van der Waals surface area (Å²) in [6, 6.07) is 18.8. The van der Waals surface area contributed by atoms with E-state index in [1.165, 1.54) is 24.3 Å². The first kappa shape index (κ1) is 22.5. The van der Waals surface area contributed by atoms with Crippen molar-refractivity contribution in [1.82, 2.24) is 0 Å². The van der Waals surface area contributed by atoms with Crippen molar-refractivity contribution < 1.29 is 28.3 Å². The number of ether oxygens (including phenoxy) is 1. The summed E-state index contributed by atoms with van der Waals surface area (Å²) in [5.41, 5.74) is 0.0857. The minimum absolute atomic E-state index is 0.178. The van der Waals surface area contributed by atoms with Crippen molar-refractivity contribution >= 4 is 29.1 Å². The highest BCUT2D eigenvalue weighted by atomic mass is 19.1. The first-order valence-corrected chi connectivity index (χ1v) is 11.9. The minimum atomic E-state index is -2.13. The summed E-state index contributed by atoms with van der Waals surface area (Å²) in [5.74, 6) is -5.17. The van der Waals surface area contributed by atoms with Crippen molar-refractivity contribution in [2.45, 2.75) is 31.5 Å². The van der Waals surface area contributed by atoms with Gasteiger partial charge in [-0.05, 0) is 41.3 Å². The molecule has 0 radical (unpaired) electrons. The average molecular weight is 483 g/mol. The zero-order valence-electron chi connectivity index (χ0n) is 19.6. The maximum atomic E-state index is 13.8. The molecule has 3 aromatic carbocycles. The number of nitrogens with zero attached hydrogens (tertiary/aromatic N) is 1. The van der Waals surface area contributed by atoms with Gasteiger partial charge in [-0.15, -0.1) is 0 Å². The van der Waals surface area contributed by atoms with Gasteiger partial charge < -0.3 is 4.74 Å². The highest BCUT2D eigenvalue weighted by molar-refractivity contribution is 6.37. The van der Waals surface area contributed by atoms with Gasteiger partial charge in [0.15, 0.2) is 0 Å². The Labute approximate surface area is 206 Å². The maximum Gasteiger partial charge on any atom is 0.241 e. The molecule has 0 unspecified atom stereocenters. The van der Waals surface area contributed by atoms with Crippen molar-refractivity contribution in [3.8, 4) is 0 Å². The van der Waals surface area contributed by atoms with Crippen LogP contribution in [0.3, 0.4) is 0 Å². The van der Waals surface area contributed by atoms with Gasteiger partial charge in [0.05, 0.1) is 23.6 Å². The van der Waals surface area contributed by atoms with E-state index >= 15 is 0 Å². The fourth-order valence-corrected chi connectivity index (χ4v) is 5.73. The summed E-state index contributed by atoms with van der Waals surface area (Å²) in [7, 11) is 0. The van der Waals surface area contributed by atoms with Crippen molar-refractivity contribution in [3.63, 3.8) is 0 Å². The number of fused-ring (bicyclic) bond motifs is 3. The van der Waals surface area contributed by atoms with Gasteiger partial charge in [0.2, 0.25) is 29.0 Å². The molecule has 0 saturated carbocycles. The number of carbonyl (C=O) groups is 4. The monoisotopic (exact) mass is 483 g/mol. The lowest BCUT2D eigenvalue weighted by atomic mass is 9.77. The molecule has 6 nitrogen and oxygen atoms in total. The van der Waals surface area contributed by atoms with Crippen LogP contribution in [0.1, 0.15) is 57.7 Å². The molecule has 0 aromatic heterocycles. The largest absolute Gasteiger partial charge is 0.349 e. The molecule has 2 fully saturated rings. The number of hydrogen-bond acceptors (Lipinski definition) is 5. The minimum Gasteiger partial charge on any atom is -0.349 e. The predicted molar refractivity (Wildman–Crippen MR) is 128 cm³/mol. The molecular weight excluding hydrogens is 461 g/mol. The second kappa shape index (κ2) is 7.77.